The molecule has 2 amide bonds. The second-order valence-corrected chi connectivity index (χ2v) is 3.91. The summed E-state index contributed by atoms with van der Waals surface area (Å²) >= 11 is 0. The third-order valence-corrected chi connectivity index (χ3v) is 1.79. The maximum absolute atomic E-state index is 10.5. The fraction of sp³-hybridized carbons (Fsp3) is 0.875. The van der Waals surface area contributed by atoms with Crippen LogP contribution in [0.4, 0.5) is 0 Å². The van der Waals surface area contributed by atoms with E-state index in [0.29, 0.717) is 12.8 Å². The first-order valence-corrected chi connectivity index (χ1v) is 10.4. The molecule has 0 aliphatic carbocycles. The Balaban J connectivity index is -0.0000000626. The Morgan fingerprint density at radius 2 is 1.05 bits per heavy atom. The molecule has 0 saturated carbocycles. The molecule has 2 N–H and O–H groups in total. The molecule has 0 aromatic heterocycles. The average Bonchev–Trinajstić information content (AvgIpc) is 2.57. The highest BCUT2D eigenvalue weighted by atomic mass is 31.0. The number of carbonyl (C=O) groups is 2. The molecular formula is C16H42N2O2P2. The van der Waals surface area contributed by atoms with E-state index in [4.69, 9.17) is 0 Å². The first-order chi connectivity index (χ1) is 10.5. The molecule has 4 nitrogen and oxygen atoms in total. The number of hydrogen-bond acceptors (Lipinski definition) is 2. The van der Waals surface area contributed by atoms with Crippen LogP contribution in [0.1, 0.15) is 66.2 Å². The van der Waals surface area contributed by atoms with Crippen LogP contribution in [0.5, 0.6) is 0 Å². The summed E-state index contributed by atoms with van der Waals surface area (Å²) in [6, 6.07) is 0. The molecule has 0 aliphatic rings. The SMILES string of the molecule is CCC.CCCC(=O)NC.CCCCC(=O)NC.CP.CP. The van der Waals surface area contributed by atoms with Crippen molar-refractivity contribution in [3.63, 3.8) is 0 Å². The van der Waals surface area contributed by atoms with Crippen molar-refractivity contribution in [1.29, 1.82) is 0 Å². The Morgan fingerprint density at radius 3 is 1.23 bits per heavy atom. The van der Waals surface area contributed by atoms with Gasteiger partial charge >= 0.3 is 0 Å². The van der Waals surface area contributed by atoms with Gasteiger partial charge in [0.25, 0.3) is 0 Å². The summed E-state index contributed by atoms with van der Waals surface area (Å²) < 4.78 is 0. The van der Waals surface area contributed by atoms with E-state index in [0.717, 1.165) is 19.3 Å². The van der Waals surface area contributed by atoms with E-state index in [9.17, 15) is 9.59 Å². The van der Waals surface area contributed by atoms with Gasteiger partial charge in [-0.3, -0.25) is 9.59 Å². The minimum absolute atomic E-state index is 0.127. The fourth-order valence-electron chi connectivity index (χ4n) is 0.814. The van der Waals surface area contributed by atoms with E-state index in [1.165, 1.54) is 6.42 Å². The Bertz CT molecular complexity index is 193. The maximum atomic E-state index is 10.5. The zero-order chi connectivity index (χ0) is 18.8. The number of nitrogens with one attached hydrogen (secondary N) is 2. The average molecular weight is 356 g/mol. The second-order valence-electron chi connectivity index (χ2n) is 3.91. The molecule has 0 aromatic rings. The first kappa shape index (κ1) is 33.4. The van der Waals surface area contributed by atoms with Gasteiger partial charge < -0.3 is 10.6 Å². The van der Waals surface area contributed by atoms with Crippen molar-refractivity contribution in [2.45, 2.75) is 66.2 Å². The molecule has 0 rings (SSSR count). The van der Waals surface area contributed by atoms with Crippen LogP contribution in [-0.2, 0) is 9.59 Å². The highest BCUT2D eigenvalue weighted by Gasteiger charge is 1.92. The van der Waals surface area contributed by atoms with Crippen molar-refractivity contribution in [1.82, 2.24) is 10.6 Å². The molecule has 0 heterocycles. The summed E-state index contributed by atoms with van der Waals surface area (Å²) in [5.74, 6) is 0.273. The number of hydrogen-bond donors (Lipinski definition) is 2. The highest BCUT2D eigenvalue weighted by Crippen LogP contribution is 1.91. The number of unbranched alkanes of at least 4 members (excludes halogenated alkanes) is 1. The fourth-order valence-corrected chi connectivity index (χ4v) is 0.814. The third kappa shape index (κ3) is 60.0. The molecule has 138 valence electrons. The van der Waals surface area contributed by atoms with Gasteiger partial charge in [0.15, 0.2) is 0 Å². The van der Waals surface area contributed by atoms with Crippen molar-refractivity contribution in [3.05, 3.63) is 0 Å². The maximum Gasteiger partial charge on any atom is 0.219 e. The van der Waals surface area contributed by atoms with Crippen molar-refractivity contribution < 1.29 is 9.59 Å². The molecule has 0 radical (unpaired) electrons. The first-order valence-electron chi connectivity index (χ1n) is 8.10. The van der Waals surface area contributed by atoms with Gasteiger partial charge in [-0.1, -0.05) is 53.9 Å². The van der Waals surface area contributed by atoms with Crippen LogP contribution < -0.4 is 10.6 Å². The van der Waals surface area contributed by atoms with Crippen LogP contribution in [0.25, 0.3) is 0 Å². The Labute approximate surface area is 144 Å². The summed E-state index contributed by atoms with van der Waals surface area (Å²) in [6.45, 7) is 12.1. The van der Waals surface area contributed by atoms with Crippen molar-refractivity contribution in [3.8, 4) is 0 Å². The molecule has 0 aliphatic heterocycles. The van der Waals surface area contributed by atoms with Crippen LogP contribution >= 0.6 is 18.5 Å². The minimum Gasteiger partial charge on any atom is -0.359 e. The van der Waals surface area contributed by atoms with Crippen LogP contribution in [0.3, 0.4) is 0 Å². The van der Waals surface area contributed by atoms with E-state index in [1.807, 2.05) is 20.3 Å². The van der Waals surface area contributed by atoms with Crippen LogP contribution in [0, 0.1) is 0 Å². The normalized spacial score (nSPS) is 7.18. The molecule has 2 atom stereocenters. The monoisotopic (exact) mass is 356 g/mol. The third-order valence-electron chi connectivity index (χ3n) is 1.79. The van der Waals surface area contributed by atoms with Gasteiger partial charge in [0.2, 0.25) is 11.8 Å². The standard InChI is InChI=1S/C6H13NO.C5H11NO.C3H8.2CH5P/c1-3-4-5-6(8)7-2;1-3-4-5(7)6-2;1-3-2;2*1-2/h3-5H2,1-2H3,(H,7,8);3-4H2,1-2H3,(H,6,7);3H2,1-2H3;2*2H2,1H3. The molecule has 0 bridgehead atoms. The molecule has 2 unspecified atom stereocenters. The summed E-state index contributed by atoms with van der Waals surface area (Å²) in [5.41, 5.74) is 0. The number of amides is 2. The lowest BCUT2D eigenvalue weighted by Crippen LogP contribution is -2.16. The number of rotatable bonds is 5. The molecule has 0 aromatic carbocycles. The van der Waals surface area contributed by atoms with Gasteiger partial charge in [0, 0.05) is 26.9 Å². The Kier molecular flexibility index (Phi) is 65.0. The highest BCUT2D eigenvalue weighted by molar-refractivity contribution is 7.15. The quantitative estimate of drug-likeness (QED) is 0.735. The van der Waals surface area contributed by atoms with Gasteiger partial charge in [-0.2, -0.15) is 0 Å². The molecule has 0 spiro atoms. The summed E-state index contributed by atoms with van der Waals surface area (Å²) in [5, 5.41) is 5.09. The van der Waals surface area contributed by atoms with Crippen molar-refractivity contribution in [2.24, 2.45) is 0 Å². The zero-order valence-electron chi connectivity index (χ0n) is 16.2. The van der Waals surface area contributed by atoms with Crippen LogP contribution in [-0.4, -0.2) is 39.2 Å². The van der Waals surface area contributed by atoms with Gasteiger partial charge in [-0.15, -0.1) is 18.5 Å². The second kappa shape index (κ2) is 42.8. The molecule has 0 saturated heterocycles. The van der Waals surface area contributed by atoms with Gasteiger partial charge in [-0.25, -0.2) is 0 Å². The minimum atomic E-state index is 0.127. The predicted octanol–water partition coefficient (Wildman–Crippen LogP) is 3.85. The van der Waals surface area contributed by atoms with Crippen molar-refractivity contribution >= 4 is 30.3 Å². The van der Waals surface area contributed by atoms with Gasteiger partial charge in [0.1, 0.15) is 0 Å². The molecule has 0 fully saturated rings. The predicted molar refractivity (Wildman–Crippen MR) is 110 cm³/mol. The topological polar surface area (TPSA) is 58.2 Å². The van der Waals surface area contributed by atoms with E-state index >= 15 is 0 Å². The van der Waals surface area contributed by atoms with Crippen LogP contribution in [0.2, 0.25) is 0 Å². The largest absolute Gasteiger partial charge is 0.359 e. The Hall–Kier alpha value is -0.200. The van der Waals surface area contributed by atoms with E-state index in [2.05, 4.69) is 49.9 Å². The van der Waals surface area contributed by atoms with Crippen molar-refractivity contribution in [2.75, 3.05) is 27.4 Å². The Morgan fingerprint density at radius 1 is 0.727 bits per heavy atom. The molecule has 6 heteroatoms. The lowest BCUT2D eigenvalue weighted by molar-refractivity contribution is -0.121. The summed E-state index contributed by atoms with van der Waals surface area (Å²) in [6.07, 6.45) is 5.59. The summed E-state index contributed by atoms with van der Waals surface area (Å²) in [7, 11) is 8.15. The smallest absolute Gasteiger partial charge is 0.219 e. The lowest BCUT2D eigenvalue weighted by Gasteiger charge is -1.94. The van der Waals surface area contributed by atoms with Gasteiger partial charge in [0.05, 0.1) is 0 Å². The molecule has 22 heavy (non-hydrogen) atoms. The van der Waals surface area contributed by atoms with E-state index in [-0.39, 0.29) is 11.8 Å². The van der Waals surface area contributed by atoms with E-state index in [1.54, 1.807) is 14.1 Å². The number of carbonyl (C=O) groups excluding carboxylic acids is 2. The lowest BCUT2D eigenvalue weighted by atomic mass is 10.2. The summed E-state index contributed by atoms with van der Waals surface area (Å²) in [4.78, 5) is 20.8. The molecular weight excluding hydrogens is 314 g/mol. The van der Waals surface area contributed by atoms with Gasteiger partial charge in [-0.05, 0) is 12.8 Å². The van der Waals surface area contributed by atoms with E-state index < -0.39 is 0 Å². The van der Waals surface area contributed by atoms with Crippen LogP contribution in [0.15, 0.2) is 0 Å². The zero-order valence-corrected chi connectivity index (χ0v) is 18.5.